The number of carbonyl (C=O) groups is 5. The molecule has 1 aromatic rings. The summed E-state index contributed by atoms with van der Waals surface area (Å²) in [6.45, 7) is -2.03. The van der Waals surface area contributed by atoms with Crippen molar-refractivity contribution < 1.29 is 49.5 Å². The summed E-state index contributed by atoms with van der Waals surface area (Å²) in [6, 6.07) is 9.17. The first-order valence-corrected chi connectivity index (χ1v) is 8.07. The topological polar surface area (TPSA) is 193 Å². The largest absolute Gasteiger partial charge is 0.480 e. The van der Waals surface area contributed by atoms with E-state index in [0.717, 1.165) is 10.5 Å². The van der Waals surface area contributed by atoms with E-state index in [4.69, 9.17) is 25.5 Å². The number of carboxylic acid groups (broad SMARTS) is 5. The molecule has 0 saturated heterocycles. The number of hydrogen-bond donors (Lipinski definition) is 5. The molecule has 0 saturated carbocycles. The van der Waals surface area contributed by atoms with E-state index in [-0.39, 0.29) is 13.1 Å². The third-order valence-corrected chi connectivity index (χ3v) is 3.04. The number of carboxylic acids is 5. The van der Waals surface area contributed by atoms with Gasteiger partial charge in [0.05, 0.1) is 32.7 Å². The Kier molecular flexibility index (Phi) is 12.0. The maximum Gasteiger partial charge on any atom is 0.317 e. The third-order valence-electron chi connectivity index (χ3n) is 3.04. The first-order valence-electron chi connectivity index (χ1n) is 8.07. The van der Waals surface area contributed by atoms with Gasteiger partial charge in [-0.05, 0) is 5.56 Å². The molecular formula is C17H22N2O10. The van der Waals surface area contributed by atoms with Gasteiger partial charge in [0.2, 0.25) is 0 Å². The van der Waals surface area contributed by atoms with E-state index in [0.29, 0.717) is 6.54 Å². The highest BCUT2D eigenvalue weighted by Crippen LogP contribution is 2.03. The van der Waals surface area contributed by atoms with Crippen molar-refractivity contribution in [3.63, 3.8) is 0 Å². The van der Waals surface area contributed by atoms with Crippen LogP contribution in [0.1, 0.15) is 5.56 Å². The number of aliphatic carboxylic acids is 5. The predicted octanol–water partition coefficient (Wildman–Crippen LogP) is -0.800. The lowest BCUT2D eigenvalue weighted by molar-refractivity contribution is -0.146. The quantitative estimate of drug-likeness (QED) is 0.286. The SMILES string of the molecule is O=C(O)CN(CC(=O)O)CC(=O)O.O=C(O)CN(CC(=O)O)Cc1ccccc1. The van der Waals surface area contributed by atoms with Crippen LogP contribution in [0, 0.1) is 0 Å². The number of hydrogen-bond acceptors (Lipinski definition) is 7. The van der Waals surface area contributed by atoms with Crippen LogP contribution in [0.15, 0.2) is 30.3 Å². The van der Waals surface area contributed by atoms with Gasteiger partial charge in [-0.3, -0.25) is 33.8 Å². The van der Waals surface area contributed by atoms with E-state index in [1.165, 1.54) is 4.90 Å². The third kappa shape index (κ3) is 15.3. The van der Waals surface area contributed by atoms with Gasteiger partial charge < -0.3 is 25.5 Å². The smallest absolute Gasteiger partial charge is 0.317 e. The molecule has 0 aliphatic heterocycles. The van der Waals surface area contributed by atoms with Crippen LogP contribution >= 0.6 is 0 Å². The Morgan fingerprint density at radius 1 is 0.552 bits per heavy atom. The van der Waals surface area contributed by atoms with E-state index < -0.39 is 49.5 Å². The highest BCUT2D eigenvalue weighted by Gasteiger charge is 2.16. The second-order valence-electron chi connectivity index (χ2n) is 5.74. The summed E-state index contributed by atoms with van der Waals surface area (Å²) in [7, 11) is 0. The monoisotopic (exact) mass is 414 g/mol. The number of nitrogens with zero attached hydrogens (tertiary/aromatic N) is 2. The minimum Gasteiger partial charge on any atom is -0.480 e. The fraction of sp³-hybridized carbons (Fsp3) is 0.353. The number of benzene rings is 1. The van der Waals surface area contributed by atoms with Crippen molar-refractivity contribution >= 4 is 29.8 Å². The van der Waals surface area contributed by atoms with Crippen molar-refractivity contribution in [3.05, 3.63) is 35.9 Å². The summed E-state index contributed by atoms with van der Waals surface area (Å²) in [4.78, 5) is 53.7. The van der Waals surface area contributed by atoms with Gasteiger partial charge in [-0.2, -0.15) is 0 Å². The Bertz CT molecular complexity index is 653. The summed E-state index contributed by atoms with van der Waals surface area (Å²) < 4.78 is 0. The fourth-order valence-electron chi connectivity index (χ4n) is 2.13. The highest BCUT2D eigenvalue weighted by atomic mass is 16.4. The second-order valence-corrected chi connectivity index (χ2v) is 5.74. The Morgan fingerprint density at radius 3 is 1.17 bits per heavy atom. The second kappa shape index (κ2) is 13.6. The van der Waals surface area contributed by atoms with Gasteiger partial charge in [0.25, 0.3) is 0 Å². The lowest BCUT2D eigenvalue weighted by Gasteiger charge is -2.17. The molecule has 160 valence electrons. The van der Waals surface area contributed by atoms with Gasteiger partial charge in [0.15, 0.2) is 0 Å². The van der Waals surface area contributed by atoms with Crippen LogP contribution in [0.5, 0.6) is 0 Å². The summed E-state index contributed by atoms with van der Waals surface area (Å²) in [5, 5.41) is 42.1. The van der Waals surface area contributed by atoms with Crippen molar-refractivity contribution in [2.45, 2.75) is 6.54 Å². The molecule has 0 bridgehead atoms. The molecule has 12 nitrogen and oxygen atoms in total. The molecule has 0 aliphatic carbocycles. The average Bonchev–Trinajstić information content (AvgIpc) is 2.53. The molecule has 0 unspecified atom stereocenters. The average molecular weight is 414 g/mol. The van der Waals surface area contributed by atoms with E-state index in [1.807, 2.05) is 30.3 Å². The lowest BCUT2D eigenvalue weighted by atomic mass is 10.2. The summed E-state index contributed by atoms with van der Waals surface area (Å²) >= 11 is 0. The standard InChI is InChI=1S/C11H13NO4.C6H9NO6/c13-10(14)7-12(8-11(15)16)6-9-4-2-1-3-5-9;8-4(9)1-7(2-5(10)11)3-6(12)13/h1-5H,6-8H2,(H,13,14)(H,15,16);1-3H2,(H,8,9)(H,10,11)(H,12,13). The predicted molar refractivity (Wildman–Crippen MR) is 96.3 cm³/mol. The van der Waals surface area contributed by atoms with E-state index >= 15 is 0 Å². The van der Waals surface area contributed by atoms with Crippen molar-refractivity contribution in [3.8, 4) is 0 Å². The summed E-state index contributed by atoms with van der Waals surface area (Å²) in [6.07, 6.45) is 0. The molecule has 1 aromatic carbocycles. The van der Waals surface area contributed by atoms with Gasteiger partial charge in [-0.15, -0.1) is 0 Å². The van der Waals surface area contributed by atoms with Crippen molar-refractivity contribution in [2.24, 2.45) is 0 Å². The molecule has 5 N–H and O–H groups in total. The zero-order valence-electron chi connectivity index (χ0n) is 15.3. The van der Waals surface area contributed by atoms with Crippen molar-refractivity contribution in [1.29, 1.82) is 0 Å². The highest BCUT2D eigenvalue weighted by molar-refractivity contribution is 5.75. The van der Waals surface area contributed by atoms with Crippen LogP contribution in [0.25, 0.3) is 0 Å². The van der Waals surface area contributed by atoms with Crippen LogP contribution in [-0.2, 0) is 30.5 Å². The molecule has 0 aromatic heterocycles. The van der Waals surface area contributed by atoms with Gasteiger partial charge in [-0.25, -0.2) is 0 Å². The molecule has 0 atom stereocenters. The maximum absolute atomic E-state index is 10.5. The summed E-state index contributed by atoms with van der Waals surface area (Å²) in [5.74, 6) is -5.85. The fourth-order valence-corrected chi connectivity index (χ4v) is 2.13. The normalized spacial score (nSPS) is 10.1. The van der Waals surface area contributed by atoms with Gasteiger partial charge >= 0.3 is 29.8 Å². The molecule has 0 spiro atoms. The Hall–Kier alpha value is -3.51. The van der Waals surface area contributed by atoms with E-state index in [2.05, 4.69) is 0 Å². The molecule has 12 heteroatoms. The lowest BCUT2D eigenvalue weighted by Crippen LogP contribution is -2.38. The molecule has 0 fully saturated rings. The molecule has 29 heavy (non-hydrogen) atoms. The Morgan fingerprint density at radius 2 is 0.862 bits per heavy atom. The number of rotatable bonds is 12. The molecule has 0 heterocycles. The molecule has 0 radical (unpaired) electrons. The van der Waals surface area contributed by atoms with Crippen molar-refractivity contribution in [1.82, 2.24) is 9.80 Å². The van der Waals surface area contributed by atoms with E-state index in [9.17, 15) is 24.0 Å². The first-order chi connectivity index (χ1) is 13.5. The zero-order valence-corrected chi connectivity index (χ0v) is 15.3. The van der Waals surface area contributed by atoms with Crippen LogP contribution in [0.2, 0.25) is 0 Å². The minimum absolute atomic E-state index is 0.277. The van der Waals surface area contributed by atoms with Gasteiger partial charge in [-0.1, -0.05) is 30.3 Å². The van der Waals surface area contributed by atoms with Gasteiger partial charge in [0.1, 0.15) is 0 Å². The van der Waals surface area contributed by atoms with Crippen LogP contribution in [0.4, 0.5) is 0 Å². The van der Waals surface area contributed by atoms with Crippen LogP contribution < -0.4 is 0 Å². The van der Waals surface area contributed by atoms with E-state index in [1.54, 1.807) is 0 Å². The first kappa shape index (κ1) is 25.5. The Labute approximate surface area is 165 Å². The summed E-state index contributed by atoms with van der Waals surface area (Å²) in [5.41, 5.74) is 0.894. The van der Waals surface area contributed by atoms with Crippen molar-refractivity contribution in [2.75, 3.05) is 32.7 Å². The van der Waals surface area contributed by atoms with Crippen LogP contribution in [-0.4, -0.2) is 97.9 Å². The Balaban J connectivity index is 0.000000555. The molecule has 1 rings (SSSR count). The zero-order chi connectivity index (χ0) is 22.4. The molecule has 0 amide bonds. The van der Waals surface area contributed by atoms with Gasteiger partial charge in [0, 0.05) is 6.54 Å². The maximum atomic E-state index is 10.5. The molecule has 0 aliphatic rings. The molecular weight excluding hydrogens is 392 g/mol. The minimum atomic E-state index is -1.26. The van der Waals surface area contributed by atoms with Crippen LogP contribution in [0.3, 0.4) is 0 Å².